The summed E-state index contributed by atoms with van der Waals surface area (Å²) >= 11 is 0. The highest BCUT2D eigenvalue weighted by Gasteiger charge is 2.17. The van der Waals surface area contributed by atoms with E-state index in [4.69, 9.17) is 10.8 Å². The lowest BCUT2D eigenvalue weighted by atomic mass is 10.1. The number of carboxylic acid groups (broad SMARTS) is 1. The molecule has 11 heteroatoms. The van der Waals surface area contributed by atoms with E-state index < -0.39 is 17.6 Å². The third-order valence-electron chi connectivity index (χ3n) is 6.09. The molecule has 0 atom stereocenters. The van der Waals surface area contributed by atoms with Crippen LogP contribution in [-0.4, -0.2) is 42.8 Å². The van der Waals surface area contributed by atoms with Crippen LogP contribution >= 0.6 is 0 Å². The summed E-state index contributed by atoms with van der Waals surface area (Å²) in [5.41, 5.74) is 9.26. The molecule has 5 aromatic rings. The second-order valence-corrected chi connectivity index (χ2v) is 8.76. The van der Waals surface area contributed by atoms with E-state index in [9.17, 15) is 14.4 Å². The van der Waals surface area contributed by atoms with Crippen LogP contribution in [0.25, 0.3) is 27.8 Å². The third-order valence-corrected chi connectivity index (χ3v) is 6.09. The van der Waals surface area contributed by atoms with Gasteiger partial charge in [0.15, 0.2) is 0 Å². The predicted molar refractivity (Wildman–Crippen MR) is 151 cm³/mol. The number of pyridine rings is 1. The van der Waals surface area contributed by atoms with Crippen LogP contribution in [0.5, 0.6) is 0 Å². The molecule has 3 aromatic heterocycles. The molecule has 2 amide bonds. The Bertz CT molecular complexity index is 1860. The van der Waals surface area contributed by atoms with Gasteiger partial charge in [-0.05, 0) is 35.9 Å². The molecular formula is C29H23N7O4. The van der Waals surface area contributed by atoms with Crippen LogP contribution in [0, 0.1) is 11.8 Å². The minimum Gasteiger partial charge on any atom is -0.465 e. The molecule has 0 aliphatic heterocycles. The topological polar surface area (TPSA) is 157 Å². The standard InChI is InChI=1S/C29H23N7O4/c1-35-16-23(24-25(30)32-17-33-26(24)35)19-9-11-20(12-10-19)34-27(37)22-14-18(6-5-13-31-29(39)40)15-36(28(22)38)21-7-3-2-4-8-21/h2-4,7-12,14-17,31H,13H2,1H3,(H,34,37)(H,39,40)(H2,30,32,33). The maximum Gasteiger partial charge on any atom is 0.405 e. The van der Waals surface area contributed by atoms with Crippen molar-refractivity contribution in [2.75, 3.05) is 17.6 Å². The number of aryl methyl sites for hydroxylation is 1. The van der Waals surface area contributed by atoms with Crippen molar-refractivity contribution >= 4 is 34.5 Å². The largest absolute Gasteiger partial charge is 0.465 e. The molecule has 198 valence electrons. The molecule has 0 bridgehead atoms. The molecule has 3 heterocycles. The number of carbonyl (C=O) groups is 2. The second kappa shape index (κ2) is 10.8. The van der Waals surface area contributed by atoms with Gasteiger partial charge >= 0.3 is 6.09 Å². The second-order valence-electron chi connectivity index (χ2n) is 8.76. The van der Waals surface area contributed by atoms with Crippen molar-refractivity contribution in [1.82, 2.24) is 24.4 Å². The van der Waals surface area contributed by atoms with Gasteiger partial charge in [-0.2, -0.15) is 0 Å². The van der Waals surface area contributed by atoms with Crippen molar-refractivity contribution in [3.63, 3.8) is 0 Å². The van der Waals surface area contributed by atoms with Crippen LogP contribution in [0.1, 0.15) is 15.9 Å². The van der Waals surface area contributed by atoms with Crippen molar-refractivity contribution in [2.24, 2.45) is 7.05 Å². The summed E-state index contributed by atoms with van der Waals surface area (Å²) in [5, 5.41) is 14.4. The summed E-state index contributed by atoms with van der Waals surface area (Å²) in [6, 6.07) is 17.3. The monoisotopic (exact) mass is 533 g/mol. The van der Waals surface area contributed by atoms with Crippen molar-refractivity contribution in [1.29, 1.82) is 0 Å². The van der Waals surface area contributed by atoms with Gasteiger partial charge in [0.05, 0.1) is 11.9 Å². The fraction of sp³-hybridized carbons (Fsp3) is 0.0690. The number of nitrogen functional groups attached to an aromatic ring is 1. The minimum absolute atomic E-state index is 0.109. The van der Waals surface area contributed by atoms with Gasteiger partial charge in [-0.1, -0.05) is 42.2 Å². The van der Waals surface area contributed by atoms with Gasteiger partial charge in [-0.15, -0.1) is 0 Å². The highest BCUT2D eigenvalue weighted by molar-refractivity contribution is 6.05. The van der Waals surface area contributed by atoms with Crippen molar-refractivity contribution in [2.45, 2.75) is 0 Å². The Morgan fingerprint density at radius 1 is 1.05 bits per heavy atom. The predicted octanol–water partition coefficient (Wildman–Crippen LogP) is 3.24. The van der Waals surface area contributed by atoms with Crippen LogP contribution in [0.4, 0.5) is 16.3 Å². The Kier molecular flexibility index (Phi) is 6.98. The zero-order valence-electron chi connectivity index (χ0n) is 21.3. The third kappa shape index (κ3) is 5.23. The van der Waals surface area contributed by atoms with Crippen molar-refractivity contribution in [3.05, 3.63) is 101 Å². The first-order chi connectivity index (χ1) is 19.3. The molecule has 0 unspecified atom stereocenters. The molecule has 0 saturated carbocycles. The number of nitrogens with two attached hydrogens (primary N) is 1. The average Bonchev–Trinajstić information content (AvgIpc) is 3.30. The summed E-state index contributed by atoms with van der Waals surface area (Å²) in [4.78, 5) is 45.7. The normalized spacial score (nSPS) is 10.5. The van der Waals surface area contributed by atoms with Gasteiger partial charge in [0.2, 0.25) is 0 Å². The number of nitrogens with zero attached hydrogens (tertiary/aromatic N) is 4. The van der Waals surface area contributed by atoms with Crippen LogP contribution in [-0.2, 0) is 7.05 Å². The Morgan fingerprint density at radius 2 is 1.80 bits per heavy atom. The van der Waals surface area contributed by atoms with Crippen molar-refractivity contribution < 1.29 is 14.7 Å². The zero-order chi connectivity index (χ0) is 28.2. The molecule has 0 radical (unpaired) electrons. The molecule has 5 N–H and O–H groups in total. The van der Waals surface area contributed by atoms with Gasteiger partial charge in [-0.3, -0.25) is 14.2 Å². The lowest BCUT2D eigenvalue weighted by molar-refractivity contribution is 0.102. The Morgan fingerprint density at radius 3 is 2.52 bits per heavy atom. The number of fused-ring (bicyclic) bond motifs is 1. The fourth-order valence-corrected chi connectivity index (χ4v) is 4.24. The molecule has 0 saturated heterocycles. The number of carbonyl (C=O) groups excluding carboxylic acids is 1. The average molecular weight is 534 g/mol. The first kappa shape index (κ1) is 25.7. The van der Waals surface area contributed by atoms with E-state index in [2.05, 4.69) is 32.4 Å². The molecular weight excluding hydrogens is 510 g/mol. The quantitative estimate of drug-likeness (QED) is 0.253. The van der Waals surface area contributed by atoms with Crippen LogP contribution in [0.3, 0.4) is 0 Å². The van der Waals surface area contributed by atoms with E-state index in [1.807, 2.05) is 36.0 Å². The Balaban J connectivity index is 1.45. The number of rotatable bonds is 5. The summed E-state index contributed by atoms with van der Waals surface area (Å²) < 4.78 is 3.20. The van der Waals surface area contributed by atoms with E-state index in [1.165, 1.54) is 23.2 Å². The van der Waals surface area contributed by atoms with Gasteiger partial charge < -0.3 is 26.0 Å². The fourth-order valence-electron chi connectivity index (χ4n) is 4.24. The summed E-state index contributed by atoms with van der Waals surface area (Å²) in [7, 11) is 1.87. The number of anilines is 2. The van der Waals surface area contributed by atoms with Crippen LogP contribution in [0.2, 0.25) is 0 Å². The Hall–Kier alpha value is -5.89. The molecule has 11 nitrogen and oxygen atoms in total. The maximum absolute atomic E-state index is 13.3. The number of hydrogen-bond acceptors (Lipinski definition) is 6. The van der Waals surface area contributed by atoms with E-state index in [1.54, 1.807) is 36.4 Å². The number of benzene rings is 2. The van der Waals surface area contributed by atoms with E-state index in [0.29, 0.717) is 28.4 Å². The summed E-state index contributed by atoms with van der Waals surface area (Å²) in [5.74, 6) is 5.24. The van der Waals surface area contributed by atoms with E-state index in [0.717, 1.165) is 16.5 Å². The zero-order valence-corrected chi connectivity index (χ0v) is 21.3. The molecule has 0 spiro atoms. The lowest BCUT2D eigenvalue weighted by Crippen LogP contribution is -2.28. The van der Waals surface area contributed by atoms with E-state index in [-0.39, 0.29) is 12.1 Å². The minimum atomic E-state index is -1.20. The Labute approximate surface area is 227 Å². The molecule has 5 rings (SSSR count). The molecule has 2 aromatic carbocycles. The number of hydrogen-bond donors (Lipinski definition) is 4. The molecule has 0 fully saturated rings. The van der Waals surface area contributed by atoms with E-state index >= 15 is 0 Å². The van der Waals surface area contributed by atoms with Gasteiger partial charge in [-0.25, -0.2) is 14.8 Å². The first-order valence-electron chi connectivity index (χ1n) is 12.1. The smallest absolute Gasteiger partial charge is 0.405 e. The number of amides is 2. The van der Waals surface area contributed by atoms with Gasteiger partial charge in [0.25, 0.3) is 11.5 Å². The number of aromatic nitrogens is 4. The molecule has 0 aliphatic carbocycles. The molecule has 0 aliphatic rings. The van der Waals surface area contributed by atoms with Crippen LogP contribution in [0.15, 0.2) is 84.2 Å². The van der Waals surface area contributed by atoms with Crippen LogP contribution < -0.4 is 21.9 Å². The SMILES string of the molecule is Cn1cc(-c2ccc(NC(=O)c3cc(C#CCNC(=O)O)cn(-c4ccccc4)c3=O)cc2)c2c(N)ncnc21. The number of para-hydroxylation sites is 1. The first-order valence-corrected chi connectivity index (χ1v) is 12.1. The molecule has 40 heavy (non-hydrogen) atoms. The number of nitrogens with one attached hydrogen (secondary N) is 2. The van der Waals surface area contributed by atoms with Crippen molar-refractivity contribution in [3.8, 4) is 28.7 Å². The van der Waals surface area contributed by atoms with Gasteiger partial charge in [0, 0.05) is 41.9 Å². The highest BCUT2D eigenvalue weighted by atomic mass is 16.4. The summed E-state index contributed by atoms with van der Waals surface area (Å²) in [6.07, 6.45) is 3.64. The maximum atomic E-state index is 13.3. The highest BCUT2D eigenvalue weighted by Crippen LogP contribution is 2.32. The summed E-state index contributed by atoms with van der Waals surface area (Å²) in [6.45, 7) is -0.109. The lowest BCUT2D eigenvalue weighted by Gasteiger charge is -2.11. The van der Waals surface area contributed by atoms with Gasteiger partial charge in [0.1, 0.15) is 23.4 Å².